The SMILES string of the molecule is COC(=O)c1ccc(NC(=O)N2CCN(CCSC)CC2)c(Cl)c1. The molecule has 0 radical (unpaired) electrons. The minimum atomic E-state index is -0.462. The molecule has 0 atom stereocenters. The molecular formula is C16H22ClN3O3S. The molecule has 0 saturated carbocycles. The molecule has 1 aromatic rings. The Morgan fingerprint density at radius 2 is 2.00 bits per heavy atom. The number of benzene rings is 1. The fourth-order valence-corrected chi connectivity index (χ4v) is 3.12. The van der Waals surface area contributed by atoms with Crippen LogP contribution in [0.15, 0.2) is 18.2 Å². The molecule has 1 aliphatic heterocycles. The number of hydrogen-bond donors (Lipinski definition) is 1. The molecule has 1 saturated heterocycles. The molecule has 132 valence electrons. The highest BCUT2D eigenvalue weighted by Crippen LogP contribution is 2.24. The van der Waals surface area contributed by atoms with Crippen LogP contribution in [0.3, 0.4) is 0 Å². The maximum Gasteiger partial charge on any atom is 0.337 e. The zero-order chi connectivity index (χ0) is 17.5. The third-order valence-electron chi connectivity index (χ3n) is 3.90. The summed E-state index contributed by atoms with van der Waals surface area (Å²) in [6.45, 7) is 4.19. The molecule has 1 N–H and O–H groups in total. The predicted octanol–water partition coefficient (Wildman–Crippen LogP) is 2.64. The Bertz CT molecular complexity index is 592. The lowest BCUT2D eigenvalue weighted by Gasteiger charge is -2.34. The van der Waals surface area contributed by atoms with Crippen LogP contribution in [0.25, 0.3) is 0 Å². The minimum Gasteiger partial charge on any atom is -0.465 e. The number of carbonyl (C=O) groups excluding carboxylic acids is 2. The van der Waals surface area contributed by atoms with Crippen LogP contribution in [0.5, 0.6) is 0 Å². The lowest BCUT2D eigenvalue weighted by atomic mass is 10.2. The number of thioether (sulfide) groups is 1. The molecule has 2 rings (SSSR count). The Morgan fingerprint density at radius 1 is 1.29 bits per heavy atom. The Morgan fingerprint density at radius 3 is 2.58 bits per heavy atom. The number of ether oxygens (including phenoxy) is 1. The van der Waals surface area contributed by atoms with Gasteiger partial charge in [0.1, 0.15) is 0 Å². The van der Waals surface area contributed by atoms with Gasteiger partial charge in [-0.2, -0.15) is 11.8 Å². The number of carbonyl (C=O) groups is 2. The molecule has 0 aliphatic carbocycles. The first-order chi connectivity index (χ1) is 11.5. The number of urea groups is 1. The van der Waals surface area contributed by atoms with Gasteiger partial charge in [-0.05, 0) is 24.5 Å². The van der Waals surface area contributed by atoms with Gasteiger partial charge in [0.2, 0.25) is 0 Å². The molecule has 1 fully saturated rings. The van der Waals surface area contributed by atoms with Gasteiger partial charge in [0.25, 0.3) is 0 Å². The second-order valence-electron chi connectivity index (χ2n) is 5.44. The van der Waals surface area contributed by atoms with Gasteiger partial charge in [-0.25, -0.2) is 9.59 Å². The van der Waals surface area contributed by atoms with Gasteiger partial charge < -0.3 is 15.0 Å². The third-order valence-corrected chi connectivity index (χ3v) is 4.81. The van der Waals surface area contributed by atoms with Crippen LogP contribution in [0, 0.1) is 0 Å². The standard InChI is InChI=1S/C16H22ClN3O3S/c1-23-15(21)12-3-4-14(13(17)11-12)18-16(22)20-7-5-19(6-8-20)9-10-24-2/h3-4,11H,5-10H2,1-2H3,(H,18,22). The first-order valence-corrected chi connectivity index (χ1v) is 9.47. The van der Waals surface area contributed by atoms with Gasteiger partial charge >= 0.3 is 12.0 Å². The topological polar surface area (TPSA) is 61.9 Å². The second-order valence-corrected chi connectivity index (χ2v) is 6.83. The van der Waals surface area contributed by atoms with E-state index in [9.17, 15) is 9.59 Å². The summed E-state index contributed by atoms with van der Waals surface area (Å²) < 4.78 is 4.65. The number of hydrogen-bond acceptors (Lipinski definition) is 5. The molecule has 1 aromatic carbocycles. The smallest absolute Gasteiger partial charge is 0.337 e. The largest absolute Gasteiger partial charge is 0.465 e. The number of esters is 1. The van der Waals surface area contributed by atoms with E-state index in [1.54, 1.807) is 17.0 Å². The van der Waals surface area contributed by atoms with Crippen molar-refractivity contribution in [3.8, 4) is 0 Å². The van der Waals surface area contributed by atoms with Crippen LogP contribution in [0.1, 0.15) is 10.4 Å². The molecule has 1 aliphatic rings. The Kier molecular flexibility index (Phi) is 7.20. The highest BCUT2D eigenvalue weighted by molar-refractivity contribution is 7.98. The average molecular weight is 372 g/mol. The Labute approximate surface area is 151 Å². The fraction of sp³-hybridized carbons (Fsp3) is 0.500. The van der Waals surface area contributed by atoms with E-state index in [2.05, 4.69) is 21.2 Å². The molecule has 0 spiro atoms. The maximum atomic E-state index is 12.4. The van der Waals surface area contributed by atoms with E-state index < -0.39 is 5.97 Å². The van der Waals surface area contributed by atoms with Crippen molar-refractivity contribution < 1.29 is 14.3 Å². The van der Waals surface area contributed by atoms with Crippen molar-refractivity contribution in [1.29, 1.82) is 0 Å². The second kappa shape index (κ2) is 9.15. The third kappa shape index (κ3) is 5.03. The first-order valence-electron chi connectivity index (χ1n) is 7.70. The summed E-state index contributed by atoms with van der Waals surface area (Å²) >= 11 is 7.97. The van der Waals surface area contributed by atoms with Crippen molar-refractivity contribution in [1.82, 2.24) is 9.80 Å². The number of nitrogens with one attached hydrogen (secondary N) is 1. The molecule has 8 heteroatoms. The summed E-state index contributed by atoms with van der Waals surface area (Å²) in [7, 11) is 1.31. The van der Waals surface area contributed by atoms with Crippen LogP contribution >= 0.6 is 23.4 Å². The van der Waals surface area contributed by atoms with Crippen LogP contribution in [0.4, 0.5) is 10.5 Å². The van der Waals surface area contributed by atoms with Crippen molar-refractivity contribution in [2.24, 2.45) is 0 Å². The van der Waals surface area contributed by atoms with Crippen molar-refractivity contribution in [2.45, 2.75) is 0 Å². The van der Waals surface area contributed by atoms with Crippen molar-refractivity contribution >= 4 is 41.1 Å². The number of nitrogens with zero attached hydrogens (tertiary/aromatic N) is 2. The fourth-order valence-electron chi connectivity index (χ4n) is 2.45. The molecular weight excluding hydrogens is 350 g/mol. The predicted molar refractivity (Wildman–Crippen MR) is 98.2 cm³/mol. The van der Waals surface area contributed by atoms with Crippen LogP contribution < -0.4 is 5.32 Å². The number of anilines is 1. The number of piperazine rings is 1. The summed E-state index contributed by atoms with van der Waals surface area (Å²) in [5.41, 5.74) is 0.835. The molecule has 1 heterocycles. The van der Waals surface area contributed by atoms with Gasteiger partial charge in [0.05, 0.1) is 23.4 Å². The first kappa shape index (κ1) is 18.9. The zero-order valence-corrected chi connectivity index (χ0v) is 15.5. The summed E-state index contributed by atoms with van der Waals surface area (Å²) in [5.74, 6) is 0.644. The molecule has 24 heavy (non-hydrogen) atoms. The minimum absolute atomic E-state index is 0.174. The van der Waals surface area contributed by atoms with Crippen LogP contribution in [-0.2, 0) is 4.74 Å². The lowest BCUT2D eigenvalue weighted by Crippen LogP contribution is -2.50. The molecule has 6 nitrogen and oxygen atoms in total. The summed E-state index contributed by atoms with van der Waals surface area (Å²) in [6, 6.07) is 4.50. The maximum absolute atomic E-state index is 12.4. The normalized spacial score (nSPS) is 15.2. The van der Waals surface area contributed by atoms with Gasteiger partial charge in [0.15, 0.2) is 0 Å². The number of rotatable bonds is 5. The monoisotopic (exact) mass is 371 g/mol. The van der Waals surface area contributed by atoms with Crippen LogP contribution in [0.2, 0.25) is 5.02 Å². The van der Waals surface area contributed by atoms with Gasteiger partial charge in [0, 0.05) is 38.5 Å². The van der Waals surface area contributed by atoms with E-state index in [1.165, 1.54) is 13.2 Å². The number of amides is 2. The Balaban J connectivity index is 1.90. The van der Waals surface area contributed by atoms with Gasteiger partial charge in [-0.15, -0.1) is 0 Å². The molecule has 2 amide bonds. The zero-order valence-electron chi connectivity index (χ0n) is 13.9. The summed E-state index contributed by atoms with van der Waals surface area (Å²) in [5, 5.41) is 3.11. The van der Waals surface area contributed by atoms with E-state index in [0.29, 0.717) is 29.4 Å². The summed E-state index contributed by atoms with van der Waals surface area (Å²) in [6.07, 6.45) is 2.10. The van der Waals surface area contributed by atoms with E-state index in [-0.39, 0.29) is 6.03 Å². The highest BCUT2D eigenvalue weighted by atomic mass is 35.5. The quantitative estimate of drug-likeness (QED) is 0.806. The van der Waals surface area contributed by atoms with Gasteiger partial charge in [-0.1, -0.05) is 11.6 Å². The van der Waals surface area contributed by atoms with Crippen molar-refractivity contribution in [3.63, 3.8) is 0 Å². The number of halogens is 1. The average Bonchev–Trinajstić information content (AvgIpc) is 2.61. The van der Waals surface area contributed by atoms with E-state index in [0.717, 1.165) is 25.4 Å². The molecule has 0 aromatic heterocycles. The van der Waals surface area contributed by atoms with E-state index in [1.807, 2.05) is 11.8 Å². The summed E-state index contributed by atoms with van der Waals surface area (Å²) in [4.78, 5) is 28.0. The highest BCUT2D eigenvalue weighted by Gasteiger charge is 2.21. The van der Waals surface area contributed by atoms with Gasteiger partial charge in [-0.3, -0.25) is 4.90 Å². The Hall–Kier alpha value is -1.44. The van der Waals surface area contributed by atoms with E-state index >= 15 is 0 Å². The van der Waals surface area contributed by atoms with Crippen LogP contribution in [-0.4, -0.2) is 73.6 Å². The lowest BCUT2D eigenvalue weighted by molar-refractivity contribution is 0.0600. The van der Waals surface area contributed by atoms with E-state index in [4.69, 9.17) is 11.6 Å². The molecule has 0 unspecified atom stereocenters. The molecule has 0 bridgehead atoms. The number of methoxy groups -OCH3 is 1. The van der Waals surface area contributed by atoms with Crippen molar-refractivity contribution in [2.75, 3.05) is 57.2 Å². The van der Waals surface area contributed by atoms with Crippen molar-refractivity contribution in [3.05, 3.63) is 28.8 Å².